The third-order valence-electron chi connectivity index (χ3n) is 1.77. The Kier molecular flexibility index (Phi) is 3.55. The third kappa shape index (κ3) is 2.88. The molecule has 0 aliphatic heterocycles. The lowest BCUT2D eigenvalue weighted by atomic mass is 10.2. The van der Waals surface area contributed by atoms with Gasteiger partial charge in [0.15, 0.2) is 0 Å². The van der Waals surface area contributed by atoms with E-state index in [4.69, 9.17) is 5.73 Å². The van der Waals surface area contributed by atoms with Crippen molar-refractivity contribution < 1.29 is 19.2 Å². The largest absolute Gasteiger partial charge is 0.393 e. The van der Waals surface area contributed by atoms with Gasteiger partial charge >= 0.3 is 11.9 Å². The van der Waals surface area contributed by atoms with Gasteiger partial charge in [0, 0.05) is 6.07 Å². The van der Waals surface area contributed by atoms with Crippen molar-refractivity contribution in [2.24, 2.45) is 5.73 Å². The van der Waals surface area contributed by atoms with E-state index in [0.29, 0.717) is 0 Å². The molecule has 0 atom stereocenters. The van der Waals surface area contributed by atoms with Gasteiger partial charge in [0.2, 0.25) is 0 Å². The first-order valence-electron chi connectivity index (χ1n) is 4.37. The van der Waals surface area contributed by atoms with Crippen molar-refractivity contribution in [1.29, 1.82) is 0 Å². The van der Waals surface area contributed by atoms with Gasteiger partial charge in [-0.15, -0.1) is 0 Å². The Morgan fingerprint density at radius 3 is 2.47 bits per heavy atom. The first-order chi connectivity index (χ1) is 7.93. The smallest absolute Gasteiger partial charge is 0.361 e. The van der Waals surface area contributed by atoms with Gasteiger partial charge in [-0.1, -0.05) is 18.7 Å². The van der Waals surface area contributed by atoms with Crippen LogP contribution < -0.4 is 5.73 Å². The van der Waals surface area contributed by atoms with E-state index >= 15 is 0 Å². The molecule has 0 saturated heterocycles. The fraction of sp³-hybridized carbons (Fsp3) is 0. The molecule has 17 heavy (non-hydrogen) atoms. The van der Waals surface area contributed by atoms with Gasteiger partial charge in [0.1, 0.15) is 11.3 Å². The van der Waals surface area contributed by atoms with Crippen molar-refractivity contribution >= 4 is 17.6 Å². The van der Waals surface area contributed by atoms with Crippen molar-refractivity contribution in [2.75, 3.05) is 0 Å². The van der Waals surface area contributed by atoms with Crippen LogP contribution in [-0.4, -0.2) is 16.9 Å². The van der Waals surface area contributed by atoms with Crippen molar-refractivity contribution in [3.8, 4) is 0 Å². The molecule has 1 rings (SSSR count). The van der Waals surface area contributed by atoms with Crippen LogP contribution >= 0.6 is 0 Å². The van der Waals surface area contributed by atoms with E-state index in [2.05, 4.69) is 11.3 Å². The molecule has 0 aromatic heterocycles. The molecule has 0 saturated carbocycles. The number of carbonyl (C=O) groups is 2. The molecule has 88 valence electrons. The number of nitrogens with two attached hydrogens (primary N) is 1. The van der Waals surface area contributed by atoms with Crippen LogP contribution in [0.15, 0.2) is 36.5 Å². The highest BCUT2D eigenvalue weighted by Crippen LogP contribution is 2.18. The number of nitro groups is 1. The summed E-state index contributed by atoms with van der Waals surface area (Å²) in [5, 5.41) is 10.6. The summed E-state index contributed by atoms with van der Waals surface area (Å²) in [6.45, 7) is 3.08. The van der Waals surface area contributed by atoms with Gasteiger partial charge in [-0.25, -0.2) is 9.59 Å². The molecule has 2 N–H and O–H groups in total. The molecule has 0 unspecified atom stereocenters. The zero-order chi connectivity index (χ0) is 13.0. The predicted octanol–water partition coefficient (Wildman–Crippen LogP) is 0.751. The lowest BCUT2D eigenvalue weighted by Crippen LogP contribution is -2.18. The monoisotopic (exact) mass is 236 g/mol. The number of hydrogen-bond donors (Lipinski definition) is 1. The number of ether oxygens (including phenoxy) is 1. The molecule has 7 nitrogen and oxygen atoms in total. The second-order valence-electron chi connectivity index (χ2n) is 2.98. The molecule has 0 heterocycles. The molecule has 0 radical (unpaired) electrons. The number of rotatable bonds is 3. The van der Waals surface area contributed by atoms with Gasteiger partial charge in [0.05, 0.1) is 4.92 Å². The lowest BCUT2D eigenvalue weighted by molar-refractivity contribution is -0.385. The van der Waals surface area contributed by atoms with Gasteiger partial charge < -0.3 is 10.5 Å². The minimum atomic E-state index is -1.14. The molecule has 0 aliphatic rings. The van der Waals surface area contributed by atoms with E-state index in [1.807, 2.05) is 0 Å². The number of nitro benzene ring substituents is 1. The van der Waals surface area contributed by atoms with Crippen LogP contribution in [0.4, 0.5) is 5.69 Å². The van der Waals surface area contributed by atoms with Gasteiger partial charge in [0.25, 0.3) is 5.69 Å². The second kappa shape index (κ2) is 4.88. The number of benzene rings is 1. The number of hydrogen-bond acceptors (Lipinski definition) is 6. The summed E-state index contributed by atoms with van der Waals surface area (Å²) in [5.41, 5.74) is 3.77. The van der Waals surface area contributed by atoms with Crippen molar-refractivity contribution in [3.05, 3.63) is 52.2 Å². The van der Waals surface area contributed by atoms with Crippen LogP contribution in [-0.2, 0) is 9.53 Å². The number of esters is 2. The summed E-state index contributed by atoms with van der Waals surface area (Å²) < 4.78 is 4.28. The lowest BCUT2D eigenvalue weighted by Gasteiger charge is -2.02. The Bertz CT molecular complexity index is 509. The minimum absolute atomic E-state index is 0.327. The summed E-state index contributed by atoms with van der Waals surface area (Å²) in [4.78, 5) is 32.3. The van der Waals surface area contributed by atoms with Gasteiger partial charge in [-0.2, -0.15) is 0 Å². The topological polar surface area (TPSA) is 113 Å². The van der Waals surface area contributed by atoms with Crippen LogP contribution in [0.2, 0.25) is 0 Å². The Morgan fingerprint density at radius 1 is 1.35 bits per heavy atom. The molecular formula is C10H8N2O5. The van der Waals surface area contributed by atoms with E-state index in [0.717, 1.165) is 6.07 Å². The van der Waals surface area contributed by atoms with E-state index < -0.39 is 28.2 Å². The fourth-order valence-corrected chi connectivity index (χ4v) is 1.01. The highest BCUT2D eigenvalue weighted by atomic mass is 16.6. The van der Waals surface area contributed by atoms with Crippen LogP contribution in [0.3, 0.4) is 0 Å². The Balaban J connectivity index is 3.01. The van der Waals surface area contributed by atoms with Gasteiger partial charge in [-0.3, -0.25) is 10.1 Å². The maximum absolute atomic E-state index is 11.4. The molecular weight excluding hydrogens is 228 g/mol. The Labute approximate surface area is 95.6 Å². The normalized spacial score (nSPS) is 9.41. The first-order valence-corrected chi connectivity index (χ1v) is 4.37. The van der Waals surface area contributed by atoms with Crippen molar-refractivity contribution in [2.45, 2.75) is 0 Å². The molecule has 1 aromatic rings. The van der Waals surface area contributed by atoms with Crippen LogP contribution in [0.1, 0.15) is 10.4 Å². The average Bonchev–Trinajstić information content (AvgIpc) is 2.28. The second-order valence-corrected chi connectivity index (χ2v) is 2.98. The van der Waals surface area contributed by atoms with E-state index in [9.17, 15) is 19.7 Å². The first kappa shape index (κ1) is 12.4. The molecule has 1 aromatic carbocycles. The third-order valence-corrected chi connectivity index (χ3v) is 1.77. The van der Waals surface area contributed by atoms with Crippen LogP contribution in [0, 0.1) is 10.1 Å². The fourth-order valence-electron chi connectivity index (χ4n) is 1.01. The van der Waals surface area contributed by atoms with Crippen LogP contribution in [0.5, 0.6) is 0 Å². The minimum Gasteiger partial charge on any atom is -0.393 e. The van der Waals surface area contributed by atoms with Crippen molar-refractivity contribution in [3.63, 3.8) is 0 Å². The maximum atomic E-state index is 11.4. The average molecular weight is 236 g/mol. The summed E-state index contributed by atoms with van der Waals surface area (Å²) in [6, 6.07) is 5.09. The van der Waals surface area contributed by atoms with Crippen LogP contribution in [0.25, 0.3) is 0 Å². The number of para-hydroxylation sites is 1. The Morgan fingerprint density at radius 2 is 1.94 bits per heavy atom. The SMILES string of the molecule is C=C(N)C(=O)OC(=O)c1ccccc1[N+](=O)[O-]. The number of carbonyl (C=O) groups excluding carboxylic acids is 2. The molecule has 7 heteroatoms. The summed E-state index contributed by atoms with van der Waals surface area (Å²) >= 11 is 0. The quantitative estimate of drug-likeness (QED) is 0.272. The zero-order valence-corrected chi connectivity index (χ0v) is 8.58. The highest BCUT2D eigenvalue weighted by molar-refractivity contribution is 6.03. The Hall–Kier alpha value is -2.70. The molecule has 0 spiro atoms. The van der Waals surface area contributed by atoms with E-state index in [1.165, 1.54) is 18.2 Å². The summed E-state index contributed by atoms with van der Waals surface area (Å²) in [5.74, 6) is -2.28. The number of nitrogens with zero attached hydrogens (tertiary/aromatic N) is 1. The predicted molar refractivity (Wildman–Crippen MR) is 56.8 cm³/mol. The molecule has 0 aliphatic carbocycles. The summed E-state index contributed by atoms with van der Waals surface area (Å²) in [7, 11) is 0. The molecule has 0 fully saturated rings. The zero-order valence-electron chi connectivity index (χ0n) is 8.58. The summed E-state index contributed by atoms with van der Waals surface area (Å²) in [6.07, 6.45) is 0. The maximum Gasteiger partial charge on any atom is 0.361 e. The van der Waals surface area contributed by atoms with Crippen molar-refractivity contribution in [1.82, 2.24) is 0 Å². The van der Waals surface area contributed by atoms with E-state index in [1.54, 1.807) is 0 Å². The van der Waals surface area contributed by atoms with E-state index in [-0.39, 0.29) is 5.56 Å². The van der Waals surface area contributed by atoms with Gasteiger partial charge in [-0.05, 0) is 6.07 Å². The molecule has 0 bridgehead atoms. The molecule has 0 amide bonds. The highest BCUT2D eigenvalue weighted by Gasteiger charge is 2.23. The standard InChI is InChI=1S/C10H8N2O5/c1-6(11)9(13)17-10(14)7-4-2-3-5-8(7)12(15)16/h2-5H,1,11H2.